The van der Waals surface area contributed by atoms with Crippen LogP contribution in [0.15, 0.2) is 17.3 Å². The fourth-order valence-electron chi connectivity index (χ4n) is 1.67. The van der Waals surface area contributed by atoms with Crippen LogP contribution in [-0.4, -0.2) is 35.5 Å². The predicted octanol–water partition coefficient (Wildman–Crippen LogP) is 0.0864. The average molecular weight is 226 g/mol. The highest BCUT2D eigenvalue weighted by molar-refractivity contribution is 7.89. The molecule has 0 amide bonds. The summed E-state index contributed by atoms with van der Waals surface area (Å²) in [6, 6.07) is 2.84. The topological polar surface area (TPSA) is 89.8 Å². The average Bonchev–Trinajstić information content (AvgIpc) is 2.89. The largest absolute Gasteiger partial charge is 0.266 e. The van der Waals surface area contributed by atoms with Gasteiger partial charge in [0.15, 0.2) is 5.03 Å². The van der Waals surface area contributed by atoms with Gasteiger partial charge in [-0.05, 0) is 18.9 Å². The van der Waals surface area contributed by atoms with E-state index in [1.54, 1.807) is 0 Å². The molecule has 6 nitrogen and oxygen atoms in total. The summed E-state index contributed by atoms with van der Waals surface area (Å²) in [5.41, 5.74) is 0. The Morgan fingerprint density at radius 2 is 2.47 bits per heavy atom. The van der Waals surface area contributed by atoms with Crippen molar-refractivity contribution in [3.05, 3.63) is 12.3 Å². The molecule has 15 heavy (non-hydrogen) atoms. The van der Waals surface area contributed by atoms with Gasteiger partial charge in [0.25, 0.3) is 10.0 Å². The lowest BCUT2D eigenvalue weighted by molar-refractivity contribution is 0.435. The summed E-state index contributed by atoms with van der Waals surface area (Å²) in [7, 11) is -3.56. The second kappa shape index (κ2) is 3.64. The molecule has 1 N–H and O–H groups in total. The van der Waals surface area contributed by atoms with Gasteiger partial charge in [0, 0.05) is 6.54 Å². The van der Waals surface area contributed by atoms with E-state index in [1.807, 2.05) is 6.07 Å². The minimum absolute atomic E-state index is 0.0460. The number of H-pyrrole nitrogens is 1. The number of aromatic nitrogens is 2. The Morgan fingerprint density at radius 3 is 3.07 bits per heavy atom. The maximum Gasteiger partial charge on any atom is 0.261 e. The zero-order chi connectivity index (χ0) is 10.9. The van der Waals surface area contributed by atoms with Crippen molar-refractivity contribution in [2.75, 3.05) is 6.54 Å². The highest BCUT2D eigenvalue weighted by atomic mass is 32.2. The van der Waals surface area contributed by atoms with E-state index in [2.05, 4.69) is 10.2 Å². The van der Waals surface area contributed by atoms with Crippen LogP contribution in [0.4, 0.5) is 0 Å². The summed E-state index contributed by atoms with van der Waals surface area (Å²) in [6.07, 6.45) is 2.71. The van der Waals surface area contributed by atoms with Crippen molar-refractivity contribution >= 4 is 10.0 Å². The van der Waals surface area contributed by atoms with Crippen LogP contribution in [0.2, 0.25) is 0 Å². The molecule has 1 aromatic heterocycles. The van der Waals surface area contributed by atoms with Crippen LogP contribution in [0.25, 0.3) is 0 Å². The van der Waals surface area contributed by atoms with Crippen molar-refractivity contribution in [1.29, 1.82) is 5.26 Å². The van der Waals surface area contributed by atoms with Crippen LogP contribution in [0, 0.1) is 11.3 Å². The van der Waals surface area contributed by atoms with Crippen LogP contribution >= 0.6 is 0 Å². The Kier molecular flexibility index (Phi) is 2.46. The Labute approximate surface area is 87.6 Å². The predicted molar refractivity (Wildman–Crippen MR) is 51.1 cm³/mol. The lowest BCUT2D eigenvalue weighted by Crippen LogP contribution is -2.34. The van der Waals surface area contributed by atoms with Crippen molar-refractivity contribution in [1.82, 2.24) is 14.5 Å². The molecule has 0 bridgehead atoms. The molecule has 1 aliphatic heterocycles. The van der Waals surface area contributed by atoms with Crippen molar-refractivity contribution < 1.29 is 8.42 Å². The maximum atomic E-state index is 12.0. The molecular weight excluding hydrogens is 216 g/mol. The highest BCUT2D eigenvalue weighted by Gasteiger charge is 2.35. The molecule has 1 fully saturated rings. The number of sulfonamides is 1. The van der Waals surface area contributed by atoms with E-state index in [4.69, 9.17) is 5.26 Å². The van der Waals surface area contributed by atoms with E-state index >= 15 is 0 Å². The fourth-order valence-corrected chi connectivity index (χ4v) is 3.18. The van der Waals surface area contributed by atoms with Crippen LogP contribution in [0.3, 0.4) is 0 Å². The van der Waals surface area contributed by atoms with Gasteiger partial charge in [0.05, 0.1) is 12.3 Å². The maximum absolute atomic E-state index is 12.0. The molecule has 0 aliphatic carbocycles. The van der Waals surface area contributed by atoms with Crippen molar-refractivity contribution in [3.8, 4) is 6.07 Å². The monoisotopic (exact) mass is 226 g/mol. The normalized spacial score (nSPS) is 22.7. The van der Waals surface area contributed by atoms with Gasteiger partial charge < -0.3 is 0 Å². The summed E-state index contributed by atoms with van der Waals surface area (Å²) in [5.74, 6) is 0. The smallest absolute Gasteiger partial charge is 0.261 e. The number of nitrogens with zero attached hydrogens (tertiary/aromatic N) is 3. The molecule has 1 unspecified atom stereocenters. The van der Waals surface area contributed by atoms with Crippen LogP contribution < -0.4 is 0 Å². The van der Waals surface area contributed by atoms with Gasteiger partial charge in [-0.3, -0.25) is 5.10 Å². The van der Waals surface area contributed by atoms with Gasteiger partial charge in [-0.1, -0.05) is 0 Å². The quantitative estimate of drug-likeness (QED) is 0.773. The van der Waals surface area contributed by atoms with Gasteiger partial charge in [-0.15, -0.1) is 0 Å². The van der Waals surface area contributed by atoms with Gasteiger partial charge in [0.1, 0.15) is 6.04 Å². The molecule has 1 aliphatic rings. The number of nitriles is 1. The molecule has 1 atom stereocenters. The molecule has 1 saturated heterocycles. The number of hydrogen-bond donors (Lipinski definition) is 1. The summed E-state index contributed by atoms with van der Waals surface area (Å²) >= 11 is 0. The lowest BCUT2D eigenvalue weighted by Gasteiger charge is -2.17. The first-order chi connectivity index (χ1) is 7.16. The van der Waals surface area contributed by atoms with E-state index in [1.165, 1.54) is 16.6 Å². The first kappa shape index (κ1) is 10.1. The lowest BCUT2D eigenvalue weighted by atomic mass is 10.2. The standard InChI is InChI=1S/C8H10N4O2S/c9-6-7-2-1-5-12(7)15(13,14)8-3-4-10-11-8/h3-4,7H,1-2,5H2,(H,10,11). The van der Waals surface area contributed by atoms with E-state index in [9.17, 15) is 8.42 Å². The molecule has 80 valence electrons. The Hall–Kier alpha value is -1.39. The third kappa shape index (κ3) is 1.62. The first-order valence-corrected chi connectivity index (χ1v) is 6.01. The highest BCUT2D eigenvalue weighted by Crippen LogP contribution is 2.24. The molecule has 7 heteroatoms. The minimum atomic E-state index is -3.56. The molecular formula is C8H10N4O2S. The van der Waals surface area contributed by atoms with Gasteiger partial charge in [-0.2, -0.15) is 14.7 Å². The van der Waals surface area contributed by atoms with E-state index in [-0.39, 0.29) is 5.03 Å². The zero-order valence-electron chi connectivity index (χ0n) is 7.92. The van der Waals surface area contributed by atoms with Gasteiger partial charge in [-0.25, -0.2) is 8.42 Å². The Bertz CT molecular complexity index is 473. The van der Waals surface area contributed by atoms with E-state index in [0.29, 0.717) is 13.0 Å². The van der Waals surface area contributed by atoms with Crippen LogP contribution in [0.5, 0.6) is 0 Å². The van der Waals surface area contributed by atoms with Crippen molar-refractivity contribution in [2.24, 2.45) is 0 Å². The molecule has 0 radical (unpaired) electrons. The van der Waals surface area contributed by atoms with E-state index < -0.39 is 16.1 Å². The van der Waals surface area contributed by atoms with Crippen LogP contribution in [-0.2, 0) is 10.0 Å². The summed E-state index contributed by atoms with van der Waals surface area (Å²) in [6.45, 7) is 0.402. The number of hydrogen-bond acceptors (Lipinski definition) is 4. The molecule has 0 aromatic carbocycles. The Balaban J connectivity index is 2.35. The van der Waals surface area contributed by atoms with Crippen molar-refractivity contribution in [2.45, 2.75) is 23.9 Å². The molecule has 1 aromatic rings. The molecule has 2 rings (SSSR count). The van der Waals surface area contributed by atoms with E-state index in [0.717, 1.165) is 6.42 Å². The number of aromatic amines is 1. The molecule has 0 saturated carbocycles. The fraction of sp³-hybridized carbons (Fsp3) is 0.500. The van der Waals surface area contributed by atoms with Crippen molar-refractivity contribution in [3.63, 3.8) is 0 Å². The molecule has 2 heterocycles. The third-order valence-corrected chi connectivity index (χ3v) is 4.25. The van der Waals surface area contributed by atoms with Gasteiger partial charge in [0.2, 0.25) is 0 Å². The minimum Gasteiger partial charge on any atom is -0.266 e. The summed E-state index contributed by atoms with van der Waals surface area (Å²) < 4.78 is 25.2. The third-order valence-electron chi connectivity index (χ3n) is 2.41. The summed E-state index contributed by atoms with van der Waals surface area (Å²) in [5, 5.41) is 14.9. The second-order valence-corrected chi connectivity index (χ2v) is 5.18. The zero-order valence-corrected chi connectivity index (χ0v) is 8.74. The number of rotatable bonds is 2. The van der Waals surface area contributed by atoms with Gasteiger partial charge >= 0.3 is 0 Å². The SMILES string of the molecule is N#CC1CCCN1S(=O)(=O)c1ccn[nH]1. The summed E-state index contributed by atoms with van der Waals surface area (Å²) in [4.78, 5) is 0. The van der Waals surface area contributed by atoms with Crippen LogP contribution in [0.1, 0.15) is 12.8 Å². The first-order valence-electron chi connectivity index (χ1n) is 4.57. The molecule has 0 spiro atoms. The second-order valence-electron chi connectivity index (χ2n) is 3.32. The Morgan fingerprint density at radius 1 is 1.67 bits per heavy atom. The number of nitrogens with one attached hydrogen (secondary N) is 1.